The van der Waals surface area contributed by atoms with E-state index in [0.717, 1.165) is 37.1 Å². The van der Waals surface area contributed by atoms with Crippen molar-refractivity contribution in [3.05, 3.63) is 40.7 Å². The van der Waals surface area contributed by atoms with Crippen molar-refractivity contribution in [3.8, 4) is 5.75 Å². The summed E-state index contributed by atoms with van der Waals surface area (Å²) in [7, 11) is -1.94. The fourth-order valence-corrected chi connectivity index (χ4v) is 7.68. The summed E-state index contributed by atoms with van der Waals surface area (Å²) in [5.74, 6) is 1.83. The van der Waals surface area contributed by atoms with E-state index < -0.39 is 9.84 Å². The molecule has 2 saturated carbocycles. The highest BCUT2D eigenvalue weighted by Gasteiger charge is 2.29. The molecule has 43 heavy (non-hydrogen) atoms. The van der Waals surface area contributed by atoms with Gasteiger partial charge in [0.05, 0.1) is 29.4 Å². The lowest BCUT2D eigenvalue weighted by Crippen LogP contribution is -2.37. The van der Waals surface area contributed by atoms with Crippen LogP contribution in [0.1, 0.15) is 83.3 Å². The van der Waals surface area contributed by atoms with E-state index in [9.17, 15) is 8.42 Å². The first-order chi connectivity index (χ1) is 20.4. The number of halogens is 1. The van der Waals surface area contributed by atoms with Gasteiger partial charge in [0, 0.05) is 25.3 Å². The van der Waals surface area contributed by atoms with Gasteiger partial charge >= 0.3 is 0 Å². The summed E-state index contributed by atoms with van der Waals surface area (Å²) in [6, 6.07) is 5.41. The molecule has 3 N–H and O–H groups in total. The number of ether oxygens (including phenoxy) is 1. The number of nitrogens with one attached hydrogen (secondary N) is 3. The molecule has 0 amide bonds. The molecular weight excluding hydrogens is 586 g/mol. The average molecular weight is 630 g/mol. The number of benzene rings is 1. The van der Waals surface area contributed by atoms with Crippen molar-refractivity contribution in [2.75, 3.05) is 16.4 Å². The first-order valence-corrected chi connectivity index (χ1v) is 17.3. The van der Waals surface area contributed by atoms with Gasteiger partial charge in [-0.1, -0.05) is 39.3 Å². The van der Waals surface area contributed by atoms with Crippen LogP contribution in [-0.4, -0.2) is 52.1 Å². The van der Waals surface area contributed by atoms with Gasteiger partial charge in [0.2, 0.25) is 11.0 Å². The Morgan fingerprint density at radius 2 is 1.77 bits per heavy atom. The van der Waals surface area contributed by atoms with E-state index in [4.69, 9.17) is 16.3 Å². The zero-order valence-corrected chi connectivity index (χ0v) is 27.5. The highest BCUT2D eigenvalue weighted by atomic mass is 35.5. The first-order valence-electron chi connectivity index (χ1n) is 15.3. The average Bonchev–Trinajstić information content (AvgIpc) is 3.66. The molecule has 2 aromatic heterocycles. The van der Waals surface area contributed by atoms with Crippen LogP contribution >= 0.6 is 11.6 Å². The highest BCUT2D eigenvalue weighted by Crippen LogP contribution is 2.41. The molecule has 3 aromatic rings. The first kappa shape index (κ1) is 31.5. The maximum absolute atomic E-state index is 13.0. The number of rotatable bonds is 12. The van der Waals surface area contributed by atoms with Gasteiger partial charge in [-0.25, -0.2) is 13.4 Å². The predicted octanol–water partition coefficient (Wildman–Crippen LogP) is 6.65. The molecule has 234 valence electrons. The van der Waals surface area contributed by atoms with Crippen molar-refractivity contribution < 1.29 is 13.2 Å². The summed E-state index contributed by atoms with van der Waals surface area (Å²) in [4.78, 5) is 9.01. The van der Waals surface area contributed by atoms with Crippen LogP contribution in [0.25, 0.3) is 0 Å². The number of aromatic nitrogens is 4. The van der Waals surface area contributed by atoms with Crippen LogP contribution in [0.4, 0.5) is 23.1 Å². The zero-order valence-electron chi connectivity index (χ0n) is 25.9. The van der Waals surface area contributed by atoms with Gasteiger partial charge in [-0.05, 0) is 80.5 Å². The summed E-state index contributed by atoms with van der Waals surface area (Å²) in [5.41, 5.74) is 3.65. The third kappa shape index (κ3) is 7.99. The van der Waals surface area contributed by atoms with Crippen LogP contribution in [0.3, 0.4) is 0 Å². The van der Waals surface area contributed by atoms with Crippen LogP contribution in [0.15, 0.2) is 29.6 Å². The van der Waals surface area contributed by atoms with Gasteiger partial charge < -0.3 is 20.7 Å². The zero-order chi connectivity index (χ0) is 30.9. The lowest BCUT2D eigenvalue weighted by Gasteiger charge is -2.32. The van der Waals surface area contributed by atoms with E-state index in [-0.39, 0.29) is 33.6 Å². The monoisotopic (exact) mass is 629 g/mol. The molecule has 0 saturated heterocycles. The van der Waals surface area contributed by atoms with Crippen LogP contribution in [-0.2, 0) is 16.9 Å². The molecule has 0 aliphatic heterocycles. The highest BCUT2D eigenvalue weighted by molar-refractivity contribution is 7.91. The fourth-order valence-electron chi connectivity index (χ4n) is 5.81. The van der Waals surface area contributed by atoms with E-state index in [1.807, 2.05) is 13.8 Å². The van der Waals surface area contributed by atoms with Gasteiger partial charge in [-0.15, -0.1) is 0 Å². The number of aryl methyl sites for hydroxylation is 2. The van der Waals surface area contributed by atoms with Gasteiger partial charge in [0.25, 0.3) is 0 Å². The van der Waals surface area contributed by atoms with Crippen LogP contribution < -0.4 is 20.7 Å². The Balaban J connectivity index is 1.38. The molecule has 0 unspecified atom stereocenters. The number of sulfone groups is 1. The predicted molar refractivity (Wildman–Crippen MR) is 172 cm³/mol. The Morgan fingerprint density at radius 1 is 1.05 bits per heavy atom. The summed E-state index contributed by atoms with van der Waals surface area (Å²) in [6.07, 6.45) is 10.1. The van der Waals surface area contributed by atoms with Crippen molar-refractivity contribution in [1.82, 2.24) is 25.1 Å². The molecule has 10 nitrogen and oxygen atoms in total. The fraction of sp³-hybridized carbons (Fsp3) is 0.581. The summed E-state index contributed by atoms with van der Waals surface area (Å²) >= 11 is 6.46. The Morgan fingerprint density at radius 3 is 2.42 bits per heavy atom. The second-order valence-electron chi connectivity index (χ2n) is 12.7. The molecule has 12 heteroatoms. The molecule has 0 bridgehead atoms. The van der Waals surface area contributed by atoms with E-state index in [1.165, 1.54) is 34.8 Å². The Labute approximate surface area is 260 Å². The minimum atomic E-state index is -3.62. The van der Waals surface area contributed by atoms with Crippen molar-refractivity contribution in [2.45, 2.75) is 102 Å². The molecule has 5 rings (SSSR count). The third-order valence-electron chi connectivity index (χ3n) is 7.81. The Bertz CT molecular complexity index is 1540. The molecule has 1 aromatic carbocycles. The minimum Gasteiger partial charge on any atom is -0.488 e. The van der Waals surface area contributed by atoms with E-state index in [1.54, 1.807) is 13.2 Å². The van der Waals surface area contributed by atoms with E-state index in [0.29, 0.717) is 29.6 Å². The standard InChI is InChI=1S/C31H44ClN7O3S/c1-18(2)17-43(40,41)30-27(16-39(6)38-30)35-29-25(32)15-33-31(37-29)36-26-13-20(5)24(14-28(26)42-23-11-12-23)21-7-9-22(10-8-21)34-19(3)4/h13-16,18-19,21-23,34H,7-12,17H2,1-6H3,(H2,33,35,36,37)/t21-,22+. The summed E-state index contributed by atoms with van der Waals surface area (Å²) < 4.78 is 33.9. The number of hydrogen-bond donors (Lipinski definition) is 3. The van der Waals surface area contributed by atoms with Crippen LogP contribution in [0.2, 0.25) is 5.02 Å². The molecule has 2 heterocycles. The summed E-state index contributed by atoms with van der Waals surface area (Å²) in [6.45, 7) is 10.3. The normalized spacial score (nSPS) is 19.2. The molecular formula is C31H44ClN7O3S. The topological polar surface area (TPSA) is 123 Å². The number of anilines is 4. The largest absolute Gasteiger partial charge is 0.488 e. The maximum Gasteiger partial charge on any atom is 0.229 e. The lowest BCUT2D eigenvalue weighted by atomic mass is 9.80. The molecule has 2 aliphatic rings. The molecule has 2 fully saturated rings. The number of hydrogen-bond acceptors (Lipinski definition) is 9. The minimum absolute atomic E-state index is 0.0155. The van der Waals surface area contributed by atoms with Crippen molar-refractivity contribution in [1.29, 1.82) is 0 Å². The van der Waals surface area contributed by atoms with E-state index >= 15 is 0 Å². The molecule has 2 aliphatic carbocycles. The summed E-state index contributed by atoms with van der Waals surface area (Å²) in [5, 5.41) is 14.6. The SMILES string of the molecule is Cc1cc(Nc2ncc(Cl)c(Nc3cn(C)nc3S(=O)(=O)CC(C)C)n2)c(OC2CC2)cc1[C@H]1CC[C@@H](NC(C)C)CC1. The van der Waals surface area contributed by atoms with Crippen LogP contribution in [0.5, 0.6) is 5.75 Å². The molecule has 0 spiro atoms. The second kappa shape index (κ2) is 13.0. The van der Waals surface area contributed by atoms with Crippen molar-refractivity contribution >= 4 is 44.6 Å². The Kier molecular flexibility index (Phi) is 9.53. The van der Waals surface area contributed by atoms with Gasteiger partial charge in [0.1, 0.15) is 10.8 Å². The Hall–Kier alpha value is -2.89. The smallest absolute Gasteiger partial charge is 0.229 e. The van der Waals surface area contributed by atoms with Crippen molar-refractivity contribution in [3.63, 3.8) is 0 Å². The maximum atomic E-state index is 13.0. The molecule has 0 atom stereocenters. The van der Waals surface area contributed by atoms with Gasteiger partial charge in [0.15, 0.2) is 15.7 Å². The van der Waals surface area contributed by atoms with Crippen LogP contribution in [0, 0.1) is 12.8 Å². The van der Waals surface area contributed by atoms with Gasteiger partial charge in [-0.3, -0.25) is 4.68 Å². The number of nitrogens with zero attached hydrogens (tertiary/aromatic N) is 4. The van der Waals surface area contributed by atoms with E-state index in [2.05, 4.69) is 63.9 Å². The lowest BCUT2D eigenvalue weighted by molar-refractivity contribution is 0.302. The quantitative estimate of drug-likeness (QED) is 0.202. The van der Waals surface area contributed by atoms with Crippen molar-refractivity contribution in [2.24, 2.45) is 13.0 Å². The third-order valence-corrected chi connectivity index (χ3v) is 10.1. The molecule has 0 radical (unpaired) electrons. The second-order valence-corrected chi connectivity index (χ2v) is 15.1. The van der Waals surface area contributed by atoms with Gasteiger partial charge in [-0.2, -0.15) is 10.1 Å².